The van der Waals surface area contributed by atoms with Gasteiger partial charge < -0.3 is 16.4 Å². The number of amides is 1. The number of aromatic nitrogens is 1. The second kappa shape index (κ2) is 5.60. The summed E-state index contributed by atoms with van der Waals surface area (Å²) in [6.45, 7) is 1.87. The van der Waals surface area contributed by atoms with Crippen LogP contribution in [0, 0.1) is 5.92 Å². The second-order valence-corrected chi connectivity index (χ2v) is 5.67. The molecule has 0 spiro atoms. The average Bonchev–Trinajstić information content (AvgIpc) is 2.48. The van der Waals surface area contributed by atoms with Crippen LogP contribution < -0.4 is 16.4 Å². The van der Waals surface area contributed by atoms with E-state index < -0.39 is 0 Å². The maximum absolute atomic E-state index is 11.0. The van der Waals surface area contributed by atoms with E-state index >= 15 is 0 Å². The number of nitrogen functional groups attached to an aromatic ring is 1. The minimum absolute atomic E-state index is 0.199. The maximum atomic E-state index is 11.0. The van der Waals surface area contributed by atoms with Crippen LogP contribution in [-0.2, 0) is 4.79 Å². The zero-order valence-corrected chi connectivity index (χ0v) is 12.0. The van der Waals surface area contributed by atoms with Crippen LogP contribution >= 0.6 is 0 Å². The van der Waals surface area contributed by atoms with Gasteiger partial charge in [-0.2, -0.15) is 0 Å². The summed E-state index contributed by atoms with van der Waals surface area (Å²) in [6, 6.07) is 7.93. The number of nitrogens with two attached hydrogens (primary N) is 2. The van der Waals surface area contributed by atoms with Gasteiger partial charge in [0.05, 0.1) is 11.2 Å². The third kappa shape index (κ3) is 2.77. The Balaban J connectivity index is 1.83. The van der Waals surface area contributed by atoms with Crippen LogP contribution in [0.2, 0.25) is 0 Å². The number of rotatable bonds is 3. The van der Waals surface area contributed by atoms with Gasteiger partial charge in [-0.05, 0) is 30.9 Å². The molecular formula is C16H20N4O. The van der Waals surface area contributed by atoms with Gasteiger partial charge in [-0.1, -0.05) is 12.1 Å². The SMILES string of the molecule is NC(=O)CC1CCN(c2ccnc3c(N)cccc23)CC1. The Morgan fingerprint density at radius 2 is 2.05 bits per heavy atom. The molecule has 1 saturated heterocycles. The van der Waals surface area contributed by atoms with Crippen LogP contribution in [-0.4, -0.2) is 24.0 Å². The number of carbonyl (C=O) groups excluding carboxylic acids is 1. The van der Waals surface area contributed by atoms with E-state index in [1.807, 2.05) is 24.4 Å². The van der Waals surface area contributed by atoms with Crippen molar-refractivity contribution in [3.8, 4) is 0 Å². The largest absolute Gasteiger partial charge is 0.397 e. The summed E-state index contributed by atoms with van der Waals surface area (Å²) >= 11 is 0. The van der Waals surface area contributed by atoms with E-state index in [-0.39, 0.29) is 5.91 Å². The molecule has 21 heavy (non-hydrogen) atoms. The molecule has 1 amide bonds. The Hall–Kier alpha value is -2.30. The van der Waals surface area contributed by atoms with Crippen LogP contribution in [0.25, 0.3) is 10.9 Å². The van der Waals surface area contributed by atoms with Crippen molar-refractivity contribution in [1.29, 1.82) is 0 Å². The zero-order chi connectivity index (χ0) is 14.8. The van der Waals surface area contributed by atoms with E-state index in [1.54, 1.807) is 0 Å². The number of para-hydroxylation sites is 1. The number of nitrogens with zero attached hydrogens (tertiary/aromatic N) is 2. The van der Waals surface area contributed by atoms with E-state index in [0.29, 0.717) is 18.0 Å². The first kappa shape index (κ1) is 13.7. The van der Waals surface area contributed by atoms with Gasteiger partial charge in [0.1, 0.15) is 0 Å². The van der Waals surface area contributed by atoms with Gasteiger partial charge in [-0.15, -0.1) is 0 Å². The van der Waals surface area contributed by atoms with Gasteiger partial charge in [0.25, 0.3) is 0 Å². The van der Waals surface area contributed by atoms with Crippen molar-refractivity contribution in [3.63, 3.8) is 0 Å². The first-order valence-corrected chi connectivity index (χ1v) is 7.31. The number of carbonyl (C=O) groups is 1. The highest BCUT2D eigenvalue weighted by Crippen LogP contribution is 2.31. The van der Waals surface area contributed by atoms with Gasteiger partial charge in [-0.25, -0.2) is 0 Å². The third-order valence-electron chi connectivity index (χ3n) is 4.22. The van der Waals surface area contributed by atoms with Crippen molar-refractivity contribution in [2.24, 2.45) is 11.7 Å². The standard InChI is InChI=1S/C16H20N4O/c17-13-3-1-2-12-14(4-7-19-16(12)13)20-8-5-11(6-9-20)10-15(18)21/h1-4,7,11H,5-6,8-10,17H2,(H2,18,21). The molecule has 1 aliphatic heterocycles. The summed E-state index contributed by atoms with van der Waals surface area (Å²) < 4.78 is 0. The predicted molar refractivity (Wildman–Crippen MR) is 84.9 cm³/mol. The number of hydrogen-bond acceptors (Lipinski definition) is 4. The third-order valence-corrected chi connectivity index (χ3v) is 4.22. The van der Waals surface area contributed by atoms with Crippen LogP contribution in [0.3, 0.4) is 0 Å². The molecule has 5 nitrogen and oxygen atoms in total. The van der Waals surface area contributed by atoms with Crippen LogP contribution in [0.15, 0.2) is 30.5 Å². The molecule has 0 bridgehead atoms. The van der Waals surface area contributed by atoms with Crippen LogP contribution in [0.4, 0.5) is 11.4 Å². The van der Waals surface area contributed by atoms with Crippen molar-refractivity contribution in [2.45, 2.75) is 19.3 Å². The van der Waals surface area contributed by atoms with Crippen molar-refractivity contribution < 1.29 is 4.79 Å². The molecule has 5 heteroatoms. The van der Waals surface area contributed by atoms with E-state index in [0.717, 1.165) is 36.8 Å². The molecule has 2 aromatic rings. The van der Waals surface area contributed by atoms with E-state index in [4.69, 9.17) is 11.5 Å². The van der Waals surface area contributed by atoms with Crippen LogP contribution in [0.5, 0.6) is 0 Å². The van der Waals surface area contributed by atoms with E-state index in [9.17, 15) is 4.79 Å². The highest BCUT2D eigenvalue weighted by atomic mass is 16.1. The number of hydrogen-bond donors (Lipinski definition) is 2. The van der Waals surface area contributed by atoms with Crippen molar-refractivity contribution in [2.75, 3.05) is 23.7 Å². The minimum Gasteiger partial charge on any atom is -0.397 e. The Kier molecular flexibility index (Phi) is 3.64. The molecule has 2 heterocycles. The lowest BCUT2D eigenvalue weighted by Crippen LogP contribution is -2.35. The van der Waals surface area contributed by atoms with Gasteiger partial charge in [-0.3, -0.25) is 9.78 Å². The van der Waals surface area contributed by atoms with Gasteiger partial charge in [0, 0.05) is 36.8 Å². The maximum Gasteiger partial charge on any atom is 0.217 e. The molecule has 3 rings (SSSR count). The summed E-state index contributed by atoms with van der Waals surface area (Å²) in [6.07, 6.45) is 4.30. The average molecular weight is 284 g/mol. The zero-order valence-electron chi connectivity index (χ0n) is 12.0. The fourth-order valence-corrected chi connectivity index (χ4v) is 3.12. The number of primary amides is 1. The van der Waals surface area contributed by atoms with Gasteiger partial charge >= 0.3 is 0 Å². The molecule has 1 aromatic carbocycles. The summed E-state index contributed by atoms with van der Waals surface area (Å²) in [7, 11) is 0. The summed E-state index contributed by atoms with van der Waals surface area (Å²) in [5.74, 6) is 0.215. The molecule has 1 fully saturated rings. The number of fused-ring (bicyclic) bond motifs is 1. The van der Waals surface area contributed by atoms with Gasteiger partial charge in [0.15, 0.2) is 0 Å². The monoisotopic (exact) mass is 284 g/mol. The molecule has 0 aliphatic carbocycles. The number of benzene rings is 1. The molecule has 0 atom stereocenters. The molecule has 0 unspecified atom stereocenters. The molecule has 0 radical (unpaired) electrons. The predicted octanol–water partition coefficient (Wildman–Crippen LogP) is 1.91. The summed E-state index contributed by atoms with van der Waals surface area (Å²) in [5.41, 5.74) is 14.0. The number of anilines is 2. The van der Waals surface area contributed by atoms with Crippen molar-refractivity contribution in [3.05, 3.63) is 30.5 Å². The van der Waals surface area contributed by atoms with Crippen LogP contribution in [0.1, 0.15) is 19.3 Å². The topological polar surface area (TPSA) is 85.2 Å². The number of pyridine rings is 1. The molecule has 4 N–H and O–H groups in total. The highest BCUT2D eigenvalue weighted by molar-refractivity contribution is 5.98. The lowest BCUT2D eigenvalue weighted by Gasteiger charge is -2.33. The summed E-state index contributed by atoms with van der Waals surface area (Å²) in [5, 5.41) is 1.09. The molecule has 1 aliphatic rings. The fourth-order valence-electron chi connectivity index (χ4n) is 3.12. The quantitative estimate of drug-likeness (QED) is 0.843. The molecule has 1 aromatic heterocycles. The smallest absolute Gasteiger partial charge is 0.217 e. The first-order chi connectivity index (χ1) is 10.1. The highest BCUT2D eigenvalue weighted by Gasteiger charge is 2.22. The minimum atomic E-state index is -0.199. The first-order valence-electron chi connectivity index (χ1n) is 7.31. The molecular weight excluding hydrogens is 264 g/mol. The molecule has 0 saturated carbocycles. The Bertz CT molecular complexity index is 662. The van der Waals surface area contributed by atoms with E-state index in [2.05, 4.69) is 16.0 Å². The number of piperidine rings is 1. The summed E-state index contributed by atoms with van der Waals surface area (Å²) in [4.78, 5) is 17.7. The van der Waals surface area contributed by atoms with Gasteiger partial charge in [0.2, 0.25) is 5.91 Å². The normalized spacial score (nSPS) is 16.3. The second-order valence-electron chi connectivity index (χ2n) is 5.67. The fraction of sp³-hybridized carbons (Fsp3) is 0.375. The Labute approximate surface area is 123 Å². The molecule has 110 valence electrons. The van der Waals surface area contributed by atoms with E-state index in [1.165, 1.54) is 5.69 Å². The lowest BCUT2D eigenvalue weighted by molar-refractivity contribution is -0.119. The Morgan fingerprint density at radius 1 is 1.29 bits per heavy atom. The lowest BCUT2D eigenvalue weighted by atomic mass is 9.93. The Morgan fingerprint density at radius 3 is 2.76 bits per heavy atom. The van der Waals surface area contributed by atoms with Crippen molar-refractivity contribution in [1.82, 2.24) is 4.98 Å². The van der Waals surface area contributed by atoms with Crippen molar-refractivity contribution >= 4 is 28.2 Å².